The number of alkyl halides is 1. The fraction of sp³-hybridized carbons (Fsp3) is 0.480. The summed E-state index contributed by atoms with van der Waals surface area (Å²) in [7, 11) is -3.00. The smallest absolute Gasteiger partial charge is 0.366 e. The second-order valence-corrected chi connectivity index (χ2v) is 13.7. The van der Waals surface area contributed by atoms with E-state index in [9.17, 15) is 15.0 Å². The van der Waals surface area contributed by atoms with E-state index in [4.69, 9.17) is 13.9 Å². The van der Waals surface area contributed by atoms with Crippen LogP contribution in [-0.2, 0) is 18.7 Å². The van der Waals surface area contributed by atoms with Gasteiger partial charge in [-0.05, 0) is 22.3 Å². The van der Waals surface area contributed by atoms with Gasteiger partial charge in [0.2, 0.25) is 0 Å². The van der Waals surface area contributed by atoms with Gasteiger partial charge in [0, 0.05) is 6.42 Å². The summed E-state index contributed by atoms with van der Waals surface area (Å²) in [5, 5.41) is 22.6. The van der Waals surface area contributed by atoms with E-state index in [1.54, 1.807) is 6.92 Å². The average molecular weight is 477 g/mol. The van der Waals surface area contributed by atoms with Gasteiger partial charge in [-0.1, -0.05) is 81.4 Å². The monoisotopic (exact) mass is 476 g/mol. The lowest BCUT2D eigenvalue weighted by molar-refractivity contribution is -0.291. The lowest BCUT2D eigenvalue weighted by Gasteiger charge is -2.45. The van der Waals surface area contributed by atoms with Crippen LogP contribution in [0.3, 0.4) is 0 Å². The lowest BCUT2D eigenvalue weighted by Crippen LogP contribution is -2.68. The quantitative estimate of drug-likeness (QED) is 0.471. The summed E-state index contributed by atoms with van der Waals surface area (Å²) < 4.78 is 32.0. The SMILES string of the molecule is CCOC(=O)[C@]1(O)C[C@@H](O)[C@@H](F)[C@H](CO[Si](c2ccccc2)(c2ccccc2)C(C)(C)C)O1. The topological polar surface area (TPSA) is 85.2 Å². The maximum atomic E-state index is 15.0. The molecule has 3 rings (SSSR count). The van der Waals surface area contributed by atoms with Gasteiger partial charge in [-0.2, -0.15) is 0 Å². The normalized spacial score (nSPS) is 26.1. The molecule has 180 valence electrons. The van der Waals surface area contributed by atoms with Crippen molar-refractivity contribution in [2.24, 2.45) is 0 Å². The van der Waals surface area contributed by atoms with Gasteiger partial charge in [-0.25, -0.2) is 9.18 Å². The highest BCUT2D eigenvalue weighted by Gasteiger charge is 2.55. The molecular weight excluding hydrogens is 443 g/mol. The number of ether oxygens (including phenoxy) is 2. The van der Waals surface area contributed by atoms with Crippen molar-refractivity contribution in [3.8, 4) is 0 Å². The second-order valence-electron chi connectivity index (χ2n) is 9.35. The largest absolute Gasteiger partial charge is 0.462 e. The number of halogens is 1. The first-order chi connectivity index (χ1) is 15.5. The number of hydrogen-bond donors (Lipinski definition) is 2. The molecular formula is C25H33FO6Si. The van der Waals surface area contributed by atoms with Crippen LogP contribution >= 0.6 is 0 Å². The first kappa shape index (κ1) is 25.5. The fourth-order valence-electron chi connectivity index (χ4n) is 4.48. The molecule has 2 N–H and O–H groups in total. The van der Waals surface area contributed by atoms with Crippen LogP contribution in [0.25, 0.3) is 0 Å². The Hall–Kier alpha value is -2.10. The van der Waals surface area contributed by atoms with E-state index in [2.05, 4.69) is 20.8 Å². The molecule has 8 heteroatoms. The Morgan fingerprint density at radius 3 is 2.09 bits per heavy atom. The Kier molecular flexibility index (Phi) is 7.75. The van der Waals surface area contributed by atoms with E-state index < -0.39 is 44.9 Å². The van der Waals surface area contributed by atoms with Crippen molar-refractivity contribution in [1.29, 1.82) is 0 Å². The van der Waals surface area contributed by atoms with E-state index >= 15 is 4.39 Å². The number of rotatable bonds is 7. The van der Waals surface area contributed by atoms with Crippen molar-refractivity contribution >= 4 is 24.7 Å². The van der Waals surface area contributed by atoms with Crippen LogP contribution in [0, 0.1) is 0 Å². The van der Waals surface area contributed by atoms with Crippen molar-refractivity contribution in [3.63, 3.8) is 0 Å². The van der Waals surface area contributed by atoms with Crippen LogP contribution in [0.4, 0.5) is 4.39 Å². The van der Waals surface area contributed by atoms with Gasteiger partial charge in [0.25, 0.3) is 14.1 Å². The zero-order valence-corrected chi connectivity index (χ0v) is 20.5. The van der Waals surface area contributed by atoms with Gasteiger partial charge < -0.3 is 24.1 Å². The predicted octanol–water partition coefficient (Wildman–Crippen LogP) is 2.30. The van der Waals surface area contributed by atoms with Crippen molar-refractivity contribution in [3.05, 3.63) is 60.7 Å². The molecule has 1 fully saturated rings. The van der Waals surface area contributed by atoms with Gasteiger partial charge in [-0.3, -0.25) is 0 Å². The minimum absolute atomic E-state index is 0.0167. The molecule has 1 heterocycles. The Morgan fingerprint density at radius 2 is 1.64 bits per heavy atom. The summed E-state index contributed by atoms with van der Waals surface area (Å²) in [4.78, 5) is 12.3. The molecule has 1 saturated heterocycles. The van der Waals surface area contributed by atoms with Crippen LogP contribution in [-0.4, -0.2) is 61.9 Å². The number of carbonyl (C=O) groups excluding carboxylic acids is 1. The second kappa shape index (κ2) is 10.0. The first-order valence-electron chi connectivity index (χ1n) is 11.2. The van der Waals surface area contributed by atoms with Gasteiger partial charge >= 0.3 is 5.97 Å². The molecule has 2 aromatic rings. The van der Waals surface area contributed by atoms with Crippen LogP contribution in [0.2, 0.25) is 5.04 Å². The van der Waals surface area contributed by atoms with Crippen molar-refractivity contribution < 1.29 is 33.3 Å². The van der Waals surface area contributed by atoms with Gasteiger partial charge in [-0.15, -0.1) is 0 Å². The molecule has 0 bridgehead atoms. The minimum atomic E-state index is -3.00. The minimum Gasteiger partial charge on any atom is -0.462 e. The fourth-order valence-corrected chi connectivity index (χ4v) is 9.05. The molecule has 6 nitrogen and oxygen atoms in total. The number of esters is 1. The third-order valence-electron chi connectivity index (χ3n) is 6.03. The van der Waals surface area contributed by atoms with Crippen molar-refractivity contribution in [2.45, 2.75) is 63.3 Å². The molecule has 33 heavy (non-hydrogen) atoms. The van der Waals surface area contributed by atoms with Crippen molar-refractivity contribution in [2.75, 3.05) is 13.2 Å². The third-order valence-corrected chi connectivity index (χ3v) is 11.0. The highest BCUT2D eigenvalue weighted by Crippen LogP contribution is 2.38. The number of benzene rings is 2. The van der Waals surface area contributed by atoms with Crippen LogP contribution in [0.15, 0.2) is 60.7 Å². The molecule has 2 aromatic carbocycles. The van der Waals surface area contributed by atoms with Gasteiger partial charge in [0.05, 0.1) is 19.3 Å². The summed E-state index contributed by atoms with van der Waals surface area (Å²) in [5.41, 5.74) is 0. The molecule has 0 saturated carbocycles. The van der Waals surface area contributed by atoms with Gasteiger partial charge in [0.1, 0.15) is 6.10 Å². The maximum absolute atomic E-state index is 15.0. The van der Waals surface area contributed by atoms with Crippen LogP contribution < -0.4 is 10.4 Å². The van der Waals surface area contributed by atoms with E-state index in [1.807, 2.05) is 60.7 Å². The molecule has 0 radical (unpaired) electrons. The average Bonchev–Trinajstić information content (AvgIpc) is 2.78. The standard InChI is InChI=1S/C25H33FO6Si/c1-5-30-23(28)25(29)16-20(27)22(26)21(32-25)17-31-33(24(2,3)4,18-12-8-6-9-13-18)19-14-10-7-11-15-19/h6-15,20-22,27,29H,5,16-17H2,1-4H3/t20-,21+,22-,25+/m1/s1. The number of hydrogen-bond acceptors (Lipinski definition) is 6. The summed E-state index contributed by atoms with van der Waals surface area (Å²) in [6.07, 6.45) is -5.40. The Bertz CT molecular complexity index is 880. The summed E-state index contributed by atoms with van der Waals surface area (Å²) >= 11 is 0. The number of aliphatic hydroxyl groups is 2. The van der Waals surface area contributed by atoms with Crippen LogP contribution in [0.5, 0.6) is 0 Å². The highest BCUT2D eigenvalue weighted by molar-refractivity contribution is 6.99. The van der Waals surface area contributed by atoms with Gasteiger partial charge in [0.15, 0.2) is 6.17 Å². The summed E-state index contributed by atoms with van der Waals surface area (Å²) in [5.74, 6) is -3.48. The van der Waals surface area contributed by atoms with Crippen molar-refractivity contribution in [1.82, 2.24) is 0 Å². The molecule has 0 unspecified atom stereocenters. The maximum Gasteiger partial charge on any atom is 0.366 e. The zero-order chi connectivity index (χ0) is 24.3. The molecule has 0 aromatic heterocycles. The van der Waals surface area contributed by atoms with E-state index in [-0.39, 0.29) is 18.3 Å². The number of carbonyl (C=O) groups is 1. The Balaban J connectivity index is 1.99. The third kappa shape index (κ3) is 5.05. The first-order valence-corrected chi connectivity index (χ1v) is 13.1. The van der Waals surface area contributed by atoms with E-state index in [0.29, 0.717) is 0 Å². The Labute approximate surface area is 195 Å². The summed E-state index contributed by atoms with van der Waals surface area (Å²) in [6, 6.07) is 19.6. The summed E-state index contributed by atoms with van der Waals surface area (Å²) in [6.45, 7) is 7.59. The van der Waals surface area contributed by atoms with E-state index in [0.717, 1.165) is 10.4 Å². The molecule has 4 atom stereocenters. The molecule has 0 aliphatic carbocycles. The van der Waals surface area contributed by atoms with E-state index in [1.165, 1.54) is 0 Å². The Morgan fingerprint density at radius 1 is 1.12 bits per heavy atom. The lowest BCUT2D eigenvalue weighted by atomic mass is 9.97. The molecule has 0 amide bonds. The predicted molar refractivity (Wildman–Crippen MR) is 126 cm³/mol. The molecule has 0 spiro atoms. The molecule has 1 aliphatic heterocycles. The number of aliphatic hydroxyl groups excluding tert-OH is 1. The van der Waals surface area contributed by atoms with Crippen LogP contribution in [0.1, 0.15) is 34.1 Å². The molecule has 1 aliphatic rings. The highest BCUT2D eigenvalue weighted by atomic mass is 28.4. The zero-order valence-electron chi connectivity index (χ0n) is 19.5.